The Morgan fingerprint density at radius 2 is 1.77 bits per heavy atom. The second kappa shape index (κ2) is 11.1. The first-order chi connectivity index (χ1) is 14.8. The van der Waals surface area contributed by atoms with Crippen LogP contribution in [-0.2, 0) is 16.1 Å². The Morgan fingerprint density at radius 1 is 1.06 bits per heavy atom. The molecule has 8 heteroatoms. The van der Waals surface area contributed by atoms with Crippen molar-refractivity contribution in [3.05, 3.63) is 63.1 Å². The fourth-order valence-electron chi connectivity index (χ4n) is 3.59. The number of hydrogen-bond donors (Lipinski definition) is 1. The zero-order valence-corrected chi connectivity index (χ0v) is 19.5. The molecule has 1 fully saturated rings. The normalized spacial score (nSPS) is 14.8. The second-order valence-corrected chi connectivity index (χ2v) is 8.88. The molecule has 0 heterocycles. The third kappa shape index (κ3) is 6.52. The number of rotatable bonds is 8. The van der Waals surface area contributed by atoms with E-state index in [1.54, 1.807) is 49.4 Å². The van der Waals surface area contributed by atoms with Gasteiger partial charge < -0.3 is 15.0 Å². The van der Waals surface area contributed by atoms with Crippen molar-refractivity contribution in [1.29, 1.82) is 0 Å². The third-order valence-corrected chi connectivity index (χ3v) is 6.44. The van der Waals surface area contributed by atoms with Crippen LogP contribution < -0.4 is 10.1 Å². The van der Waals surface area contributed by atoms with Crippen LogP contribution in [0.3, 0.4) is 0 Å². The molecule has 0 spiro atoms. The largest absolute Gasteiger partial charge is 0.482 e. The van der Waals surface area contributed by atoms with Crippen molar-refractivity contribution in [3.63, 3.8) is 0 Å². The molecule has 0 bridgehead atoms. The summed E-state index contributed by atoms with van der Waals surface area (Å²) in [6.07, 6.45) is 4.15. The monoisotopic (exact) mass is 482 g/mol. The first kappa shape index (κ1) is 23.7. The van der Waals surface area contributed by atoms with Gasteiger partial charge in [-0.05, 0) is 49.6 Å². The van der Waals surface area contributed by atoms with Crippen LogP contribution in [0.1, 0.15) is 38.2 Å². The van der Waals surface area contributed by atoms with Gasteiger partial charge in [-0.2, -0.15) is 0 Å². The summed E-state index contributed by atoms with van der Waals surface area (Å²) in [5.41, 5.74) is 0.765. The average Bonchev–Trinajstić information content (AvgIpc) is 3.26. The third-order valence-electron chi connectivity index (χ3n) is 5.39. The smallest absolute Gasteiger partial charge is 0.261 e. The number of ether oxygens (including phenoxy) is 1. The maximum atomic E-state index is 13.1. The van der Waals surface area contributed by atoms with Crippen molar-refractivity contribution in [1.82, 2.24) is 10.2 Å². The molecule has 2 aromatic rings. The minimum absolute atomic E-state index is 0.163. The Balaban J connectivity index is 1.74. The number of benzene rings is 2. The lowest BCUT2D eigenvalue weighted by Gasteiger charge is -2.29. The maximum absolute atomic E-state index is 13.1. The highest BCUT2D eigenvalue weighted by Gasteiger charge is 2.29. The van der Waals surface area contributed by atoms with Gasteiger partial charge in [0.15, 0.2) is 6.61 Å². The molecule has 5 nitrogen and oxygen atoms in total. The highest BCUT2D eigenvalue weighted by atomic mass is 35.5. The summed E-state index contributed by atoms with van der Waals surface area (Å²) >= 11 is 18.3. The molecule has 2 aromatic carbocycles. The molecule has 0 radical (unpaired) electrons. The Kier molecular flexibility index (Phi) is 8.47. The van der Waals surface area contributed by atoms with Crippen LogP contribution in [0.4, 0.5) is 0 Å². The predicted molar refractivity (Wildman–Crippen MR) is 124 cm³/mol. The Hall–Kier alpha value is -1.95. The summed E-state index contributed by atoms with van der Waals surface area (Å²) in [6, 6.07) is 11.6. The van der Waals surface area contributed by atoms with Crippen molar-refractivity contribution < 1.29 is 14.3 Å². The van der Waals surface area contributed by atoms with Gasteiger partial charge in [-0.15, -0.1) is 0 Å². The Bertz CT molecular complexity index is 932. The van der Waals surface area contributed by atoms with E-state index >= 15 is 0 Å². The van der Waals surface area contributed by atoms with Crippen LogP contribution in [0, 0.1) is 0 Å². The fraction of sp³-hybridized carbons (Fsp3) is 0.391. The number of carbonyl (C=O) groups excluding carboxylic acids is 2. The van der Waals surface area contributed by atoms with E-state index in [4.69, 9.17) is 39.5 Å². The van der Waals surface area contributed by atoms with Crippen molar-refractivity contribution in [2.24, 2.45) is 0 Å². The van der Waals surface area contributed by atoms with Gasteiger partial charge in [0.1, 0.15) is 11.8 Å². The van der Waals surface area contributed by atoms with Gasteiger partial charge in [-0.25, -0.2) is 0 Å². The lowest BCUT2D eigenvalue weighted by atomic mass is 10.1. The Morgan fingerprint density at radius 3 is 2.45 bits per heavy atom. The molecule has 2 amide bonds. The number of halogens is 3. The van der Waals surface area contributed by atoms with Gasteiger partial charge in [-0.3, -0.25) is 9.59 Å². The lowest BCUT2D eigenvalue weighted by Crippen LogP contribution is -2.50. The molecule has 0 aliphatic heterocycles. The van der Waals surface area contributed by atoms with Crippen LogP contribution in [0.5, 0.6) is 5.75 Å². The van der Waals surface area contributed by atoms with E-state index in [0.717, 1.165) is 31.2 Å². The van der Waals surface area contributed by atoms with E-state index in [-0.39, 0.29) is 31.0 Å². The topological polar surface area (TPSA) is 58.6 Å². The molecule has 1 atom stereocenters. The lowest BCUT2D eigenvalue weighted by molar-refractivity contribution is -0.142. The summed E-state index contributed by atoms with van der Waals surface area (Å²) in [7, 11) is 0. The van der Waals surface area contributed by atoms with Crippen LogP contribution in [0.15, 0.2) is 42.5 Å². The van der Waals surface area contributed by atoms with Gasteiger partial charge in [0.05, 0.1) is 15.1 Å². The SMILES string of the molecule is C[C@@H](C(=O)NC1CCCC1)N(Cc1ccc(Cl)c(Cl)c1)C(=O)COc1ccccc1Cl. The molecule has 0 saturated heterocycles. The predicted octanol–water partition coefficient (Wildman–Crippen LogP) is 5.50. The summed E-state index contributed by atoms with van der Waals surface area (Å²) in [5.74, 6) is -0.104. The number of amides is 2. The van der Waals surface area contributed by atoms with Gasteiger partial charge >= 0.3 is 0 Å². The van der Waals surface area contributed by atoms with Crippen molar-refractivity contribution >= 4 is 46.6 Å². The average molecular weight is 484 g/mol. The zero-order valence-electron chi connectivity index (χ0n) is 17.2. The van der Waals surface area contributed by atoms with Gasteiger partial charge in [-0.1, -0.05) is 65.8 Å². The number of nitrogens with one attached hydrogen (secondary N) is 1. The molecule has 1 N–H and O–H groups in total. The fourth-order valence-corrected chi connectivity index (χ4v) is 4.10. The van der Waals surface area contributed by atoms with Crippen LogP contribution >= 0.6 is 34.8 Å². The number of carbonyl (C=O) groups is 2. The first-order valence-electron chi connectivity index (χ1n) is 10.3. The van der Waals surface area contributed by atoms with Gasteiger partial charge in [0, 0.05) is 12.6 Å². The summed E-state index contributed by atoms with van der Waals surface area (Å²) in [6.45, 7) is 1.67. The van der Waals surface area contributed by atoms with Gasteiger partial charge in [0.25, 0.3) is 5.91 Å². The quantitative estimate of drug-likeness (QED) is 0.539. The van der Waals surface area contributed by atoms with E-state index in [9.17, 15) is 9.59 Å². The van der Waals surface area contributed by atoms with Crippen LogP contribution in [0.2, 0.25) is 15.1 Å². The van der Waals surface area contributed by atoms with E-state index < -0.39 is 6.04 Å². The molecule has 1 aliphatic carbocycles. The van der Waals surface area contributed by atoms with E-state index in [0.29, 0.717) is 20.8 Å². The molecule has 0 aromatic heterocycles. The standard InChI is InChI=1S/C23H25Cl3N2O3/c1-15(23(30)27-17-6-2-3-7-17)28(13-16-10-11-18(24)20(26)12-16)22(29)14-31-21-9-5-4-8-19(21)25/h4-5,8-12,15,17H,2-3,6-7,13-14H2,1H3,(H,27,30)/t15-/m0/s1. The maximum Gasteiger partial charge on any atom is 0.261 e. The molecule has 1 saturated carbocycles. The second-order valence-electron chi connectivity index (χ2n) is 7.66. The van der Waals surface area contributed by atoms with E-state index in [1.165, 1.54) is 4.90 Å². The molecule has 3 rings (SSSR count). The van der Waals surface area contributed by atoms with Crippen LogP contribution in [-0.4, -0.2) is 35.4 Å². The van der Waals surface area contributed by atoms with Crippen molar-refractivity contribution in [2.45, 2.75) is 51.2 Å². The summed E-state index contributed by atoms with van der Waals surface area (Å²) < 4.78 is 5.62. The highest BCUT2D eigenvalue weighted by molar-refractivity contribution is 6.42. The van der Waals surface area contributed by atoms with E-state index in [1.807, 2.05) is 0 Å². The highest BCUT2D eigenvalue weighted by Crippen LogP contribution is 2.25. The number of nitrogens with zero attached hydrogens (tertiary/aromatic N) is 1. The first-order valence-corrected chi connectivity index (χ1v) is 11.4. The van der Waals surface area contributed by atoms with Crippen LogP contribution in [0.25, 0.3) is 0 Å². The minimum atomic E-state index is -0.683. The van der Waals surface area contributed by atoms with Crippen molar-refractivity contribution in [2.75, 3.05) is 6.61 Å². The van der Waals surface area contributed by atoms with Gasteiger partial charge in [0.2, 0.25) is 5.91 Å². The minimum Gasteiger partial charge on any atom is -0.482 e. The molecular formula is C23H25Cl3N2O3. The number of para-hydroxylation sites is 1. The molecule has 31 heavy (non-hydrogen) atoms. The molecule has 0 unspecified atom stereocenters. The number of hydrogen-bond acceptors (Lipinski definition) is 3. The Labute approximate surface area is 197 Å². The van der Waals surface area contributed by atoms with Crippen molar-refractivity contribution in [3.8, 4) is 5.75 Å². The molecule has 1 aliphatic rings. The summed E-state index contributed by atoms with van der Waals surface area (Å²) in [4.78, 5) is 27.4. The molecular weight excluding hydrogens is 459 g/mol. The molecule has 166 valence electrons. The summed E-state index contributed by atoms with van der Waals surface area (Å²) in [5, 5.41) is 4.30. The van der Waals surface area contributed by atoms with E-state index in [2.05, 4.69) is 5.32 Å². The zero-order chi connectivity index (χ0) is 22.4.